The number of rotatable bonds is 4. The van der Waals surface area contributed by atoms with Crippen LogP contribution in [0.5, 0.6) is 0 Å². The number of nitrogens with two attached hydrogens (primary N) is 1. The lowest BCUT2D eigenvalue weighted by Crippen LogP contribution is -2.44. The summed E-state index contributed by atoms with van der Waals surface area (Å²) in [6, 6.07) is 7.86. The zero-order valence-electron chi connectivity index (χ0n) is 11.2. The minimum Gasteiger partial charge on any atom is -0.392 e. The number of nitrogens with one attached hydrogen (secondary N) is 1. The Hall–Kier alpha value is -1.42. The largest absolute Gasteiger partial charge is 0.392 e. The fraction of sp³-hybridized carbons (Fsp3) is 0.467. The van der Waals surface area contributed by atoms with Crippen molar-refractivity contribution >= 4 is 28.8 Å². The Kier molecular flexibility index (Phi) is 4.20. The van der Waals surface area contributed by atoms with E-state index in [9.17, 15) is 4.79 Å². The van der Waals surface area contributed by atoms with Gasteiger partial charge in [-0.25, -0.2) is 0 Å². The van der Waals surface area contributed by atoms with Crippen LogP contribution in [0.25, 0.3) is 0 Å². The highest BCUT2D eigenvalue weighted by atomic mass is 32.1. The van der Waals surface area contributed by atoms with Crippen molar-refractivity contribution in [1.82, 2.24) is 0 Å². The first kappa shape index (κ1) is 14.0. The molecule has 0 spiro atoms. The van der Waals surface area contributed by atoms with Crippen LogP contribution in [0.4, 0.5) is 5.69 Å². The number of anilines is 1. The Labute approximate surface area is 119 Å². The number of thiocarbonyl (C=S) groups is 1. The Morgan fingerprint density at radius 2 is 2.00 bits per heavy atom. The third-order valence-corrected chi connectivity index (χ3v) is 4.40. The molecule has 3 nitrogen and oxygen atoms in total. The van der Waals surface area contributed by atoms with E-state index in [1.165, 1.54) is 0 Å². The number of benzene rings is 1. The van der Waals surface area contributed by atoms with E-state index in [4.69, 9.17) is 18.0 Å². The van der Waals surface area contributed by atoms with Gasteiger partial charge in [-0.3, -0.25) is 4.79 Å². The predicted octanol–water partition coefficient (Wildman–Crippen LogP) is 3.03. The minimum atomic E-state index is -0.643. The molecule has 1 saturated carbocycles. The first-order chi connectivity index (χ1) is 9.10. The third kappa shape index (κ3) is 2.63. The SMILES string of the molecule is CCc1ccccc1NC(=O)C1(C(N)=S)CCCC1. The van der Waals surface area contributed by atoms with Gasteiger partial charge in [0.25, 0.3) is 0 Å². The van der Waals surface area contributed by atoms with Crippen LogP contribution in [0.15, 0.2) is 24.3 Å². The highest BCUT2D eigenvalue weighted by molar-refractivity contribution is 7.80. The van der Waals surface area contributed by atoms with Crippen LogP contribution in [0.2, 0.25) is 0 Å². The van der Waals surface area contributed by atoms with Crippen LogP contribution in [-0.4, -0.2) is 10.9 Å². The quantitative estimate of drug-likeness (QED) is 0.831. The number of aryl methyl sites for hydroxylation is 1. The van der Waals surface area contributed by atoms with Crippen LogP contribution in [0.1, 0.15) is 38.2 Å². The molecule has 1 fully saturated rings. The molecule has 0 aromatic heterocycles. The average Bonchev–Trinajstić information content (AvgIpc) is 2.90. The number of hydrogen-bond acceptors (Lipinski definition) is 2. The van der Waals surface area contributed by atoms with Gasteiger partial charge in [-0.05, 0) is 30.9 Å². The lowest BCUT2D eigenvalue weighted by molar-refractivity contribution is -0.122. The van der Waals surface area contributed by atoms with Crippen LogP contribution < -0.4 is 11.1 Å². The van der Waals surface area contributed by atoms with E-state index >= 15 is 0 Å². The molecule has 1 amide bonds. The molecule has 19 heavy (non-hydrogen) atoms. The number of hydrogen-bond donors (Lipinski definition) is 2. The molecule has 1 aromatic carbocycles. The van der Waals surface area contributed by atoms with Gasteiger partial charge in [0.15, 0.2) is 0 Å². The molecule has 0 saturated heterocycles. The molecule has 4 heteroatoms. The second-order valence-electron chi connectivity index (χ2n) is 5.12. The number of carbonyl (C=O) groups excluding carboxylic acids is 1. The Balaban J connectivity index is 2.22. The summed E-state index contributed by atoms with van der Waals surface area (Å²) >= 11 is 5.14. The van der Waals surface area contributed by atoms with Crippen molar-refractivity contribution in [3.8, 4) is 0 Å². The topological polar surface area (TPSA) is 55.1 Å². The maximum absolute atomic E-state index is 12.6. The van der Waals surface area contributed by atoms with Gasteiger partial charge in [-0.15, -0.1) is 0 Å². The first-order valence-corrected chi connectivity index (χ1v) is 7.20. The van der Waals surface area contributed by atoms with Gasteiger partial charge < -0.3 is 11.1 Å². The lowest BCUT2D eigenvalue weighted by atomic mass is 9.85. The van der Waals surface area contributed by atoms with Gasteiger partial charge in [0, 0.05) is 5.69 Å². The molecule has 1 aliphatic carbocycles. The van der Waals surface area contributed by atoms with E-state index < -0.39 is 5.41 Å². The van der Waals surface area contributed by atoms with Gasteiger partial charge in [0.2, 0.25) is 5.91 Å². The molecule has 3 N–H and O–H groups in total. The van der Waals surface area contributed by atoms with Crippen LogP contribution in [0.3, 0.4) is 0 Å². The van der Waals surface area contributed by atoms with E-state index in [-0.39, 0.29) is 5.91 Å². The highest BCUT2D eigenvalue weighted by Crippen LogP contribution is 2.39. The van der Waals surface area contributed by atoms with Crippen molar-refractivity contribution < 1.29 is 4.79 Å². The third-order valence-electron chi connectivity index (χ3n) is 4.01. The van der Waals surface area contributed by atoms with E-state index in [0.717, 1.165) is 43.4 Å². The molecule has 1 aliphatic rings. The standard InChI is InChI=1S/C15H20N2OS/c1-2-11-7-3-4-8-12(11)17-14(18)15(13(16)19)9-5-6-10-15/h3-4,7-8H,2,5-6,9-10H2,1H3,(H2,16,19)(H,17,18). The summed E-state index contributed by atoms with van der Waals surface area (Å²) in [5.41, 5.74) is 7.19. The molecule has 0 unspecified atom stereocenters. The Morgan fingerprint density at radius 3 is 2.58 bits per heavy atom. The molecular formula is C15H20N2OS. The van der Waals surface area contributed by atoms with Crippen molar-refractivity contribution in [2.45, 2.75) is 39.0 Å². The molecule has 0 heterocycles. The maximum Gasteiger partial charge on any atom is 0.237 e. The van der Waals surface area contributed by atoms with Crippen molar-refractivity contribution in [1.29, 1.82) is 0 Å². The van der Waals surface area contributed by atoms with E-state index in [1.807, 2.05) is 24.3 Å². The van der Waals surface area contributed by atoms with Gasteiger partial charge in [-0.2, -0.15) is 0 Å². The smallest absolute Gasteiger partial charge is 0.237 e. The van der Waals surface area contributed by atoms with Gasteiger partial charge >= 0.3 is 0 Å². The molecule has 0 atom stereocenters. The monoisotopic (exact) mass is 276 g/mol. The lowest BCUT2D eigenvalue weighted by Gasteiger charge is -2.26. The predicted molar refractivity (Wildman–Crippen MR) is 82.1 cm³/mol. The zero-order valence-corrected chi connectivity index (χ0v) is 12.1. The van der Waals surface area contributed by atoms with E-state index in [0.29, 0.717) is 4.99 Å². The maximum atomic E-state index is 12.6. The molecule has 0 bridgehead atoms. The van der Waals surface area contributed by atoms with Crippen molar-refractivity contribution in [2.24, 2.45) is 11.1 Å². The molecule has 102 valence electrons. The van der Waals surface area contributed by atoms with Crippen molar-refractivity contribution in [3.05, 3.63) is 29.8 Å². The normalized spacial score (nSPS) is 17.1. The van der Waals surface area contributed by atoms with Crippen LogP contribution in [-0.2, 0) is 11.2 Å². The number of amides is 1. The summed E-state index contributed by atoms with van der Waals surface area (Å²) in [5.74, 6) is -0.0431. The molecule has 1 aromatic rings. The summed E-state index contributed by atoms with van der Waals surface area (Å²) < 4.78 is 0. The Morgan fingerprint density at radius 1 is 1.37 bits per heavy atom. The zero-order chi connectivity index (χ0) is 13.9. The van der Waals surface area contributed by atoms with E-state index in [2.05, 4.69) is 12.2 Å². The van der Waals surface area contributed by atoms with Gasteiger partial charge in [0.1, 0.15) is 0 Å². The summed E-state index contributed by atoms with van der Waals surface area (Å²) in [6.45, 7) is 2.07. The summed E-state index contributed by atoms with van der Waals surface area (Å²) in [5, 5.41) is 3.02. The fourth-order valence-corrected chi connectivity index (χ4v) is 3.05. The molecule has 0 aliphatic heterocycles. The highest BCUT2D eigenvalue weighted by Gasteiger charge is 2.44. The van der Waals surface area contributed by atoms with Gasteiger partial charge in [-0.1, -0.05) is 50.2 Å². The van der Waals surface area contributed by atoms with Crippen LogP contribution in [0, 0.1) is 5.41 Å². The van der Waals surface area contributed by atoms with Crippen molar-refractivity contribution in [2.75, 3.05) is 5.32 Å². The first-order valence-electron chi connectivity index (χ1n) is 6.79. The second kappa shape index (κ2) is 5.70. The summed E-state index contributed by atoms with van der Waals surface area (Å²) in [6.07, 6.45) is 4.45. The second-order valence-corrected chi connectivity index (χ2v) is 5.56. The molecule has 2 rings (SSSR count). The number of carbonyl (C=O) groups is 1. The number of para-hydroxylation sites is 1. The molecular weight excluding hydrogens is 256 g/mol. The van der Waals surface area contributed by atoms with E-state index in [1.54, 1.807) is 0 Å². The summed E-state index contributed by atoms with van der Waals surface area (Å²) in [4.78, 5) is 12.9. The average molecular weight is 276 g/mol. The van der Waals surface area contributed by atoms with Gasteiger partial charge in [0.05, 0.1) is 10.4 Å². The Bertz CT molecular complexity index is 493. The fourth-order valence-electron chi connectivity index (χ4n) is 2.76. The van der Waals surface area contributed by atoms with Crippen molar-refractivity contribution in [3.63, 3.8) is 0 Å². The molecule has 0 radical (unpaired) electrons. The minimum absolute atomic E-state index is 0.0431. The summed E-state index contributed by atoms with van der Waals surface area (Å²) in [7, 11) is 0. The van der Waals surface area contributed by atoms with Crippen LogP contribution >= 0.6 is 12.2 Å².